The predicted molar refractivity (Wildman–Crippen MR) is 98.7 cm³/mol. The van der Waals surface area contributed by atoms with E-state index in [1.54, 1.807) is 36.6 Å². The van der Waals surface area contributed by atoms with Gasteiger partial charge in [-0.3, -0.25) is 5.32 Å². The van der Waals surface area contributed by atoms with Crippen LogP contribution >= 0.6 is 0 Å². The Morgan fingerprint density at radius 2 is 1.69 bits per heavy atom. The first-order valence-electron chi connectivity index (χ1n) is 8.04. The number of nitrogens with one attached hydrogen (secondary N) is 1. The molecule has 0 saturated carbocycles. The van der Waals surface area contributed by atoms with Gasteiger partial charge in [-0.2, -0.15) is 0 Å². The third-order valence-electron chi connectivity index (χ3n) is 3.75. The summed E-state index contributed by atoms with van der Waals surface area (Å²) < 4.78 is 4.94. The molecule has 1 N–H and O–H groups in total. The molecule has 3 rings (SSSR count). The van der Waals surface area contributed by atoms with E-state index in [4.69, 9.17) is 4.74 Å². The van der Waals surface area contributed by atoms with Crippen LogP contribution < -0.4 is 10.1 Å². The molecule has 3 aromatic rings. The number of nitrogens with zero attached hydrogens (tertiary/aromatic N) is 4. The highest BCUT2D eigenvalue weighted by molar-refractivity contribution is 5.88. The smallest absolute Gasteiger partial charge is 0.323 e. The molecule has 26 heavy (non-hydrogen) atoms. The normalized spacial score (nSPS) is 10.2. The molecule has 0 fully saturated rings. The highest BCUT2D eigenvalue weighted by Gasteiger charge is 2.10. The van der Waals surface area contributed by atoms with Gasteiger partial charge in [-0.1, -0.05) is 30.3 Å². The van der Waals surface area contributed by atoms with Crippen molar-refractivity contribution in [3.8, 4) is 17.1 Å². The lowest BCUT2D eigenvalue weighted by atomic mass is 10.1. The Labute approximate surface area is 151 Å². The molecule has 1 aromatic carbocycles. The number of hydrogen-bond donors (Lipinski definition) is 1. The minimum Gasteiger partial charge on any atom is -0.467 e. The molecule has 0 aliphatic heterocycles. The van der Waals surface area contributed by atoms with E-state index >= 15 is 0 Å². The first-order chi connectivity index (χ1) is 12.7. The highest BCUT2D eigenvalue weighted by Crippen LogP contribution is 2.19. The second-order valence-electron chi connectivity index (χ2n) is 5.66. The molecule has 0 radical (unpaired) electrons. The zero-order valence-corrected chi connectivity index (χ0v) is 14.6. The van der Waals surface area contributed by atoms with E-state index in [2.05, 4.69) is 20.3 Å². The predicted octanol–water partition coefficient (Wildman–Crippen LogP) is 3.21. The molecule has 0 aliphatic carbocycles. The third-order valence-corrected chi connectivity index (χ3v) is 3.75. The van der Waals surface area contributed by atoms with E-state index in [0.717, 1.165) is 16.7 Å². The maximum absolute atomic E-state index is 12.3. The van der Waals surface area contributed by atoms with Crippen LogP contribution in [-0.2, 0) is 6.54 Å². The molecule has 0 aliphatic rings. The van der Waals surface area contributed by atoms with E-state index in [0.29, 0.717) is 18.4 Å². The maximum Gasteiger partial charge on any atom is 0.323 e. The van der Waals surface area contributed by atoms with Gasteiger partial charge in [0.05, 0.1) is 7.11 Å². The number of urea groups is 1. The Morgan fingerprint density at radius 1 is 1.00 bits per heavy atom. The minimum atomic E-state index is -0.220. The molecular weight excluding hydrogens is 330 g/mol. The van der Waals surface area contributed by atoms with Crippen molar-refractivity contribution in [2.24, 2.45) is 0 Å². The molecule has 2 heterocycles. The third kappa shape index (κ3) is 4.32. The van der Waals surface area contributed by atoms with E-state index in [1.807, 2.05) is 36.4 Å². The standard InChI is InChI=1S/C19H19N5O2/c1-24(13-14-6-4-3-5-7-14)19(25)23-17-9-8-15(10-20-17)16-11-21-18(26-2)22-12-16/h3-12H,13H2,1-2H3,(H,20,23,25). The van der Waals surface area contributed by atoms with Crippen molar-refractivity contribution in [1.29, 1.82) is 0 Å². The van der Waals surface area contributed by atoms with E-state index < -0.39 is 0 Å². The fraction of sp³-hybridized carbons (Fsp3) is 0.158. The van der Waals surface area contributed by atoms with Crippen LogP contribution in [0.5, 0.6) is 6.01 Å². The van der Waals surface area contributed by atoms with Crippen LogP contribution in [0, 0.1) is 0 Å². The van der Waals surface area contributed by atoms with Crippen molar-refractivity contribution in [2.75, 3.05) is 19.5 Å². The Hall–Kier alpha value is -3.48. The van der Waals surface area contributed by atoms with Crippen LogP contribution in [0.4, 0.5) is 10.6 Å². The number of hydrogen-bond acceptors (Lipinski definition) is 5. The number of rotatable bonds is 5. The SMILES string of the molecule is COc1ncc(-c2ccc(NC(=O)N(C)Cc3ccccc3)nc2)cn1. The zero-order chi connectivity index (χ0) is 18.4. The van der Waals surface area contributed by atoms with Crippen LogP contribution in [0.15, 0.2) is 61.1 Å². The highest BCUT2D eigenvalue weighted by atomic mass is 16.5. The molecule has 0 bridgehead atoms. The van der Waals surface area contributed by atoms with Gasteiger partial charge in [0.2, 0.25) is 0 Å². The zero-order valence-electron chi connectivity index (χ0n) is 14.6. The van der Waals surface area contributed by atoms with Crippen LogP contribution in [0.2, 0.25) is 0 Å². The lowest BCUT2D eigenvalue weighted by molar-refractivity contribution is 0.220. The number of amides is 2. The molecule has 0 unspecified atom stereocenters. The molecule has 132 valence electrons. The number of carbonyl (C=O) groups excluding carboxylic acids is 1. The molecule has 2 amide bonds. The summed E-state index contributed by atoms with van der Waals surface area (Å²) in [7, 11) is 3.26. The van der Waals surface area contributed by atoms with E-state index in [1.165, 1.54) is 7.11 Å². The molecule has 2 aromatic heterocycles. The van der Waals surface area contributed by atoms with Crippen molar-refractivity contribution in [3.05, 3.63) is 66.6 Å². The summed E-state index contributed by atoms with van der Waals surface area (Å²) in [6.45, 7) is 0.522. The van der Waals surface area contributed by atoms with Gasteiger partial charge in [0.1, 0.15) is 5.82 Å². The van der Waals surface area contributed by atoms with Gasteiger partial charge in [-0.15, -0.1) is 0 Å². The average molecular weight is 349 g/mol. The first-order valence-corrected chi connectivity index (χ1v) is 8.04. The first kappa shape index (κ1) is 17.3. The van der Waals surface area contributed by atoms with Crippen LogP contribution in [0.3, 0.4) is 0 Å². The number of ether oxygens (including phenoxy) is 1. The van der Waals surface area contributed by atoms with E-state index in [-0.39, 0.29) is 6.03 Å². The number of anilines is 1. The average Bonchev–Trinajstić information content (AvgIpc) is 2.69. The van der Waals surface area contributed by atoms with Gasteiger partial charge in [0.15, 0.2) is 0 Å². The minimum absolute atomic E-state index is 0.220. The van der Waals surface area contributed by atoms with Crippen LogP contribution in [-0.4, -0.2) is 40.0 Å². The summed E-state index contributed by atoms with van der Waals surface area (Å²) in [5.74, 6) is 0.480. The monoisotopic (exact) mass is 349 g/mol. The summed E-state index contributed by atoms with van der Waals surface area (Å²) in [6.07, 6.45) is 4.99. The van der Waals surface area contributed by atoms with Crippen LogP contribution in [0.1, 0.15) is 5.56 Å². The number of pyridine rings is 1. The number of benzene rings is 1. The van der Waals surface area contributed by atoms with Gasteiger partial charge in [-0.05, 0) is 17.7 Å². The lowest BCUT2D eigenvalue weighted by Crippen LogP contribution is -2.31. The quantitative estimate of drug-likeness (QED) is 0.765. The Kier molecular flexibility index (Phi) is 5.38. The summed E-state index contributed by atoms with van der Waals surface area (Å²) >= 11 is 0. The molecule has 0 spiro atoms. The number of aromatic nitrogens is 3. The number of carbonyl (C=O) groups is 1. The van der Waals surface area contributed by atoms with Gasteiger partial charge in [0, 0.05) is 43.3 Å². The van der Waals surface area contributed by atoms with Gasteiger partial charge in [-0.25, -0.2) is 19.7 Å². The molecule has 0 atom stereocenters. The van der Waals surface area contributed by atoms with E-state index in [9.17, 15) is 4.79 Å². The summed E-state index contributed by atoms with van der Waals surface area (Å²) in [4.78, 5) is 26.3. The molecule has 7 nitrogen and oxygen atoms in total. The molecular formula is C19H19N5O2. The van der Waals surface area contributed by atoms with Crippen molar-refractivity contribution in [2.45, 2.75) is 6.54 Å². The van der Waals surface area contributed by atoms with Gasteiger partial charge >= 0.3 is 12.0 Å². The fourth-order valence-electron chi connectivity index (χ4n) is 2.34. The second kappa shape index (κ2) is 8.06. The fourth-order valence-corrected chi connectivity index (χ4v) is 2.34. The Morgan fingerprint density at radius 3 is 2.31 bits per heavy atom. The van der Waals surface area contributed by atoms with Crippen molar-refractivity contribution < 1.29 is 9.53 Å². The van der Waals surface area contributed by atoms with Crippen molar-refractivity contribution in [3.63, 3.8) is 0 Å². The lowest BCUT2D eigenvalue weighted by Gasteiger charge is -2.17. The summed E-state index contributed by atoms with van der Waals surface area (Å²) in [6, 6.07) is 13.5. The van der Waals surface area contributed by atoms with Gasteiger partial charge in [0.25, 0.3) is 0 Å². The van der Waals surface area contributed by atoms with Crippen molar-refractivity contribution in [1.82, 2.24) is 19.9 Å². The summed E-state index contributed by atoms with van der Waals surface area (Å²) in [5, 5.41) is 2.78. The number of methoxy groups -OCH3 is 1. The second-order valence-corrected chi connectivity index (χ2v) is 5.66. The molecule has 7 heteroatoms. The van der Waals surface area contributed by atoms with Crippen molar-refractivity contribution >= 4 is 11.8 Å². The maximum atomic E-state index is 12.3. The largest absolute Gasteiger partial charge is 0.467 e. The van der Waals surface area contributed by atoms with Crippen LogP contribution in [0.25, 0.3) is 11.1 Å². The topological polar surface area (TPSA) is 80.2 Å². The Balaban J connectivity index is 1.62. The van der Waals surface area contributed by atoms with Gasteiger partial charge < -0.3 is 9.64 Å². The Bertz CT molecular complexity index is 851. The molecule has 0 saturated heterocycles. The summed E-state index contributed by atoms with van der Waals surface area (Å²) in [5.41, 5.74) is 2.73.